The number of pyridine rings is 1. The molecule has 0 saturated carbocycles. The van der Waals surface area contributed by atoms with Crippen LogP contribution in [-0.4, -0.2) is 35.8 Å². The van der Waals surface area contributed by atoms with E-state index in [2.05, 4.69) is 10.3 Å². The van der Waals surface area contributed by atoms with E-state index in [0.717, 1.165) is 0 Å². The molecule has 1 saturated heterocycles. The molecule has 1 amide bonds. The van der Waals surface area contributed by atoms with E-state index < -0.39 is 29.9 Å². The summed E-state index contributed by atoms with van der Waals surface area (Å²) in [6.07, 6.45) is -2.82. The summed E-state index contributed by atoms with van der Waals surface area (Å²) in [5, 5.41) is 2.97. The first-order chi connectivity index (χ1) is 13.2. The third kappa shape index (κ3) is 5.19. The zero-order chi connectivity index (χ0) is 20.4. The average Bonchev–Trinajstić information content (AvgIpc) is 2.60. The highest BCUT2D eigenvalue weighted by Crippen LogP contribution is 2.34. The maximum absolute atomic E-state index is 13.7. The van der Waals surface area contributed by atoms with E-state index in [4.69, 9.17) is 4.74 Å². The second-order valence-electron chi connectivity index (χ2n) is 7.60. The van der Waals surface area contributed by atoms with Crippen molar-refractivity contribution in [3.63, 3.8) is 0 Å². The van der Waals surface area contributed by atoms with Crippen molar-refractivity contribution in [2.75, 3.05) is 13.2 Å². The third-order valence-corrected chi connectivity index (χ3v) is 5.01. The molecule has 0 bridgehead atoms. The van der Waals surface area contributed by atoms with Crippen LogP contribution >= 0.6 is 0 Å². The Labute approximate surface area is 160 Å². The molecule has 0 radical (unpaired) electrons. The molecule has 28 heavy (non-hydrogen) atoms. The second-order valence-corrected chi connectivity index (χ2v) is 7.60. The van der Waals surface area contributed by atoms with Crippen LogP contribution < -0.4 is 5.32 Å². The Hall–Kier alpha value is -2.22. The smallest absolute Gasteiger partial charge is 0.381 e. The van der Waals surface area contributed by atoms with Gasteiger partial charge in [-0.15, -0.1) is 0 Å². The van der Waals surface area contributed by atoms with Gasteiger partial charge in [0.05, 0.1) is 12.0 Å². The second kappa shape index (κ2) is 8.03. The van der Waals surface area contributed by atoms with Crippen molar-refractivity contribution in [2.24, 2.45) is 5.92 Å². The number of fused-ring (bicyclic) bond motifs is 1. The minimum absolute atomic E-state index is 0.0465. The number of rotatable bonds is 5. The monoisotopic (exact) mass is 398 g/mol. The van der Waals surface area contributed by atoms with Gasteiger partial charge in [0.25, 0.3) is 5.91 Å². The molecule has 152 valence electrons. The number of carbonyl (C=O) groups excluding carboxylic acids is 1. The fourth-order valence-electron chi connectivity index (χ4n) is 3.79. The number of nitrogens with one attached hydrogen (secondary N) is 1. The van der Waals surface area contributed by atoms with Crippen LogP contribution in [0.25, 0.3) is 10.9 Å². The summed E-state index contributed by atoms with van der Waals surface area (Å²) in [4.78, 5) is 16.6. The molecule has 1 fully saturated rings. The highest BCUT2D eigenvalue weighted by molar-refractivity contribution is 5.97. The fourth-order valence-corrected chi connectivity index (χ4v) is 3.79. The zero-order valence-electron chi connectivity index (χ0n) is 15.5. The molecule has 1 aliphatic rings. The lowest BCUT2D eigenvalue weighted by Crippen LogP contribution is -2.50. The lowest BCUT2D eigenvalue weighted by molar-refractivity contribution is -0.150. The summed E-state index contributed by atoms with van der Waals surface area (Å²) in [5.41, 5.74) is -1.24. The normalized spacial score (nSPS) is 18.0. The van der Waals surface area contributed by atoms with Crippen LogP contribution in [0.4, 0.5) is 17.6 Å². The van der Waals surface area contributed by atoms with Crippen molar-refractivity contribution in [2.45, 2.75) is 44.3 Å². The highest BCUT2D eigenvalue weighted by atomic mass is 19.4. The molecule has 0 aliphatic carbocycles. The lowest BCUT2D eigenvalue weighted by atomic mass is 9.82. The van der Waals surface area contributed by atoms with Crippen LogP contribution in [0.3, 0.4) is 0 Å². The maximum atomic E-state index is 13.7. The Morgan fingerprint density at radius 3 is 2.68 bits per heavy atom. The Morgan fingerprint density at radius 2 is 2.00 bits per heavy atom. The Kier molecular flexibility index (Phi) is 5.88. The molecule has 1 aromatic carbocycles. The molecule has 2 aromatic rings. The van der Waals surface area contributed by atoms with Gasteiger partial charge in [-0.25, -0.2) is 4.39 Å². The van der Waals surface area contributed by atoms with E-state index in [1.165, 1.54) is 31.3 Å². The Morgan fingerprint density at radius 1 is 1.29 bits per heavy atom. The maximum Gasteiger partial charge on any atom is 0.391 e. The quantitative estimate of drug-likeness (QED) is 0.747. The number of halogens is 4. The topological polar surface area (TPSA) is 51.2 Å². The van der Waals surface area contributed by atoms with Crippen LogP contribution in [0.2, 0.25) is 0 Å². The predicted octanol–water partition coefficient (Wildman–Crippen LogP) is 4.63. The van der Waals surface area contributed by atoms with E-state index in [0.29, 0.717) is 31.4 Å². The molecule has 4 nitrogen and oxygen atoms in total. The average molecular weight is 398 g/mol. The largest absolute Gasteiger partial charge is 0.391 e. The molecule has 1 atom stereocenters. The first kappa shape index (κ1) is 20.5. The summed E-state index contributed by atoms with van der Waals surface area (Å²) in [6.45, 7) is 2.45. The van der Waals surface area contributed by atoms with Crippen LogP contribution in [0, 0.1) is 11.7 Å². The van der Waals surface area contributed by atoms with E-state index >= 15 is 0 Å². The van der Waals surface area contributed by atoms with Crippen molar-refractivity contribution in [1.82, 2.24) is 10.3 Å². The molecule has 1 N–H and O–H groups in total. The highest BCUT2D eigenvalue weighted by Gasteiger charge is 2.42. The number of aromatic nitrogens is 1. The van der Waals surface area contributed by atoms with Gasteiger partial charge in [0, 0.05) is 30.3 Å². The molecule has 1 aromatic heterocycles. The molecule has 0 spiro atoms. The zero-order valence-corrected chi connectivity index (χ0v) is 15.5. The molecule has 1 aliphatic heterocycles. The van der Waals surface area contributed by atoms with Gasteiger partial charge >= 0.3 is 6.18 Å². The summed E-state index contributed by atoms with van der Waals surface area (Å²) in [6, 6.07) is 5.77. The first-order valence-electron chi connectivity index (χ1n) is 9.16. The molecule has 8 heteroatoms. The van der Waals surface area contributed by atoms with Gasteiger partial charge in [-0.05, 0) is 44.2 Å². The number of alkyl halides is 3. The standard InChI is InChI=1S/C20H22F4N2O2/c1-19(12-20(22,23)24,10-13-5-7-28-8-6-13)26-18(27)15-9-14-3-2-4-16(21)17(14)25-11-15/h2-4,9,11,13H,5-8,10,12H2,1H3,(H,26,27). The number of carbonyl (C=O) groups is 1. The summed E-state index contributed by atoms with van der Waals surface area (Å²) >= 11 is 0. The number of nitrogens with zero attached hydrogens (tertiary/aromatic N) is 1. The van der Waals surface area contributed by atoms with Crippen molar-refractivity contribution < 1.29 is 27.1 Å². The lowest BCUT2D eigenvalue weighted by Gasteiger charge is -2.36. The number of benzene rings is 1. The molecule has 2 heterocycles. The van der Waals surface area contributed by atoms with Crippen LogP contribution in [0.5, 0.6) is 0 Å². The van der Waals surface area contributed by atoms with Crippen LogP contribution in [0.1, 0.15) is 43.0 Å². The van der Waals surface area contributed by atoms with E-state index in [-0.39, 0.29) is 23.4 Å². The van der Waals surface area contributed by atoms with Crippen molar-refractivity contribution in [1.29, 1.82) is 0 Å². The van der Waals surface area contributed by atoms with Gasteiger partial charge in [0.1, 0.15) is 11.3 Å². The van der Waals surface area contributed by atoms with Crippen molar-refractivity contribution in [3.8, 4) is 0 Å². The van der Waals surface area contributed by atoms with E-state index in [1.54, 1.807) is 6.07 Å². The third-order valence-electron chi connectivity index (χ3n) is 5.01. The number of hydrogen-bond donors (Lipinski definition) is 1. The fraction of sp³-hybridized carbons (Fsp3) is 0.500. The Balaban J connectivity index is 1.81. The Bertz CT molecular complexity index is 850. The van der Waals surface area contributed by atoms with Crippen molar-refractivity contribution in [3.05, 3.63) is 41.8 Å². The molecular formula is C20H22F4N2O2. The first-order valence-corrected chi connectivity index (χ1v) is 9.16. The van der Waals surface area contributed by atoms with Crippen LogP contribution in [-0.2, 0) is 4.74 Å². The number of amides is 1. The van der Waals surface area contributed by atoms with Gasteiger partial charge in [-0.3, -0.25) is 9.78 Å². The predicted molar refractivity (Wildman–Crippen MR) is 96.4 cm³/mol. The summed E-state index contributed by atoms with van der Waals surface area (Å²) < 4.78 is 58.5. The van der Waals surface area contributed by atoms with Gasteiger partial charge in [-0.2, -0.15) is 13.2 Å². The summed E-state index contributed by atoms with van der Waals surface area (Å²) in [7, 11) is 0. The van der Waals surface area contributed by atoms with Crippen LogP contribution in [0.15, 0.2) is 30.5 Å². The molecule has 3 rings (SSSR count). The van der Waals surface area contributed by atoms with Gasteiger partial charge in [0.15, 0.2) is 0 Å². The van der Waals surface area contributed by atoms with Gasteiger partial charge in [-0.1, -0.05) is 12.1 Å². The molecule has 1 unspecified atom stereocenters. The number of hydrogen-bond acceptors (Lipinski definition) is 3. The van der Waals surface area contributed by atoms with E-state index in [9.17, 15) is 22.4 Å². The number of ether oxygens (including phenoxy) is 1. The summed E-state index contributed by atoms with van der Waals surface area (Å²) in [5.74, 6) is -1.13. The van der Waals surface area contributed by atoms with Crippen molar-refractivity contribution >= 4 is 16.8 Å². The van der Waals surface area contributed by atoms with Gasteiger partial charge in [0.2, 0.25) is 0 Å². The van der Waals surface area contributed by atoms with E-state index in [1.807, 2.05) is 0 Å². The minimum Gasteiger partial charge on any atom is -0.381 e. The minimum atomic E-state index is -4.42. The number of para-hydroxylation sites is 1. The van der Waals surface area contributed by atoms with Gasteiger partial charge < -0.3 is 10.1 Å². The molecular weight excluding hydrogens is 376 g/mol. The SMILES string of the molecule is CC(CC1CCOCC1)(CC(F)(F)F)NC(=O)c1cnc2c(F)cccc2c1.